The lowest BCUT2D eigenvalue weighted by molar-refractivity contribution is 0.415. The minimum atomic E-state index is 0.805. The van der Waals surface area contributed by atoms with Crippen LogP contribution in [0, 0.1) is 13.8 Å². The second kappa shape index (κ2) is 4.50. The summed E-state index contributed by atoms with van der Waals surface area (Å²) in [7, 11) is 1.67. The maximum absolute atomic E-state index is 5.90. The third kappa shape index (κ3) is 2.26. The second-order valence-corrected chi connectivity index (χ2v) is 4.24. The van der Waals surface area contributed by atoms with Crippen molar-refractivity contribution < 1.29 is 4.74 Å². The van der Waals surface area contributed by atoms with E-state index < -0.39 is 0 Å². The molecule has 2 aromatic carbocycles. The highest BCUT2D eigenvalue weighted by Gasteiger charge is 2.05. The summed E-state index contributed by atoms with van der Waals surface area (Å²) in [6.45, 7) is 4.20. The molecule has 0 aliphatic carbocycles. The molecule has 0 unspecified atom stereocenters. The van der Waals surface area contributed by atoms with Crippen LogP contribution in [-0.4, -0.2) is 7.11 Å². The molecule has 0 heterocycles. The number of rotatable bonds is 2. The van der Waals surface area contributed by atoms with Gasteiger partial charge in [-0.15, -0.1) is 0 Å². The molecular formula is C15H17NO. The van der Waals surface area contributed by atoms with Gasteiger partial charge in [-0.2, -0.15) is 0 Å². The van der Waals surface area contributed by atoms with Crippen molar-refractivity contribution in [1.82, 2.24) is 0 Å². The molecule has 0 saturated carbocycles. The first-order valence-corrected chi connectivity index (χ1v) is 5.63. The topological polar surface area (TPSA) is 35.2 Å². The van der Waals surface area contributed by atoms with E-state index in [2.05, 4.69) is 26.0 Å². The molecule has 2 nitrogen and oxygen atoms in total. The molecule has 0 amide bonds. The molecule has 0 aliphatic heterocycles. The summed E-state index contributed by atoms with van der Waals surface area (Å²) in [5, 5.41) is 0. The first-order valence-electron chi connectivity index (χ1n) is 5.63. The van der Waals surface area contributed by atoms with E-state index in [0.717, 1.165) is 11.4 Å². The predicted octanol–water partition coefficient (Wildman–Crippen LogP) is 3.56. The van der Waals surface area contributed by atoms with Crippen molar-refractivity contribution in [2.75, 3.05) is 12.8 Å². The summed E-state index contributed by atoms with van der Waals surface area (Å²) in [5.41, 5.74) is 11.5. The van der Waals surface area contributed by atoms with Gasteiger partial charge in [-0.1, -0.05) is 12.1 Å². The van der Waals surface area contributed by atoms with Crippen LogP contribution in [0.1, 0.15) is 11.1 Å². The molecule has 0 bridgehead atoms. The Morgan fingerprint density at radius 2 is 1.65 bits per heavy atom. The first kappa shape index (κ1) is 11.5. The number of ether oxygens (including phenoxy) is 1. The minimum Gasteiger partial charge on any atom is -0.497 e. The van der Waals surface area contributed by atoms with Crippen molar-refractivity contribution in [1.29, 1.82) is 0 Å². The van der Waals surface area contributed by atoms with Gasteiger partial charge in [-0.3, -0.25) is 0 Å². The highest BCUT2D eigenvalue weighted by Crippen LogP contribution is 2.29. The van der Waals surface area contributed by atoms with Crippen LogP contribution in [0.15, 0.2) is 36.4 Å². The predicted molar refractivity (Wildman–Crippen MR) is 72.3 cm³/mol. The van der Waals surface area contributed by atoms with Gasteiger partial charge in [-0.05, 0) is 60.4 Å². The highest BCUT2D eigenvalue weighted by atomic mass is 16.5. The van der Waals surface area contributed by atoms with Crippen LogP contribution in [0.3, 0.4) is 0 Å². The lowest BCUT2D eigenvalue weighted by Gasteiger charge is -2.11. The molecule has 0 aromatic heterocycles. The Morgan fingerprint density at radius 1 is 1.00 bits per heavy atom. The zero-order chi connectivity index (χ0) is 12.4. The third-order valence-corrected chi connectivity index (χ3v) is 3.09. The van der Waals surface area contributed by atoms with E-state index >= 15 is 0 Å². The Bertz CT molecular complexity index is 529. The molecule has 88 valence electrons. The number of nitrogens with two attached hydrogens (primary N) is 1. The summed E-state index contributed by atoms with van der Waals surface area (Å²) < 4.78 is 5.16. The minimum absolute atomic E-state index is 0.805. The van der Waals surface area contributed by atoms with Crippen LogP contribution < -0.4 is 10.5 Å². The normalized spacial score (nSPS) is 10.3. The molecule has 2 heteroatoms. The van der Waals surface area contributed by atoms with Gasteiger partial charge in [0.15, 0.2) is 0 Å². The van der Waals surface area contributed by atoms with Gasteiger partial charge in [0, 0.05) is 5.69 Å². The fourth-order valence-electron chi connectivity index (χ4n) is 1.96. The monoisotopic (exact) mass is 227 g/mol. The number of benzene rings is 2. The number of anilines is 1. The van der Waals surface area contributed by atoms with Gasteiger partial charge >= 0.3 is 0 Å². The Labute approximate surface area is 102 Å². The molecule has 2 rings (SSSR count). The standard InChI is InChI=1S/C15H17NO/c1-10-8-13(16)9-15(11(10)2)12-4-6-14(17-3)7-5-12/h4-9H,16H2,1-3H3. The van der Waals surface area contributed by atoms with Gasteiger partial charge in [0.1, 0.15) is 5.75 Å². The molecule has 2 N–H and O–H groups in total. The maximum Gasteiger partial charge on any atom is 0.118 e. The number of hydrogen-bond acceptors (Lipinski definition) is 2. The van der Waals surface area contributed by atoms with Crippen molar-refractivity contribution in [2.24, 2.45) is 0 Å². The zero-order valence-electron chi connectivity index (χ0n) is 10.4. The Morgan fingerprint density at radius 3 is 2.24 bits per heavy atom. The van der Waals surface area contributed by atoms with Crippen molar-refractivity contribution in [3.05, 3.63) is 47.5 Å². The summed E-state index contributed by atoms with van der Waals surface area (Å²) in [6, 6.07) is 12.1. The summed E-state index contributed by atoms with van der Waals surface area (Å²) in [4.78, 5) is 0. The molecule has 2 aromatic rings. The highest BCUT2D eigenvalue weighted by molar-refractivity contribution is 5.72. The van der Waals surface area contributed by atoms with Crippen LogP contribution in [-0.2, 0) is 0 Å². The number of nitrogen functional groups attached to an aromatic ring is 1. The number of aryl methyl sites for hydroxylation is 1. The Hall–Kier alpha value is -1.96. The van der Waals surface area contributed by atoms with Gasteiger partial charge in [0.05, 0.1) is 7.11 Å². The van der Waals surface area contributed by atoms with Gasteiger partial charge in [0.25, 0.3) is 0 Å². The van der Waals surface area contributed by atoms with Gasteiger partial charge < -0.3 is 10.5 Å². The van der Waals surface area contributed by atoms with Crippen molar-refractivity contribution in [3.63, 3.8) is 0 Å². The lowest BCUT2D eigenvalue weighted by Crippen LogP contribution is -1.92. The maximum atomic E-state index is 5.90. The lowest BCUT2D eigenvalue weighted by atomic mass is 9.96. The van der Waals surface area contributed by atoms with Crippen molar-refractivity contribution in [3.8, 4) is 16.9 Å². The largest absolute Gasteiger partial charge is 0.497 e. The van der Waals surface area contributed by atoms with E-state index in [1.807, 2.05) is 24.3 Å². The Balaban J connectivity index is 2.52. The first-order chi connectivity index (χ1) is 8.11. The van der Waals surface area contributed by atoms with Gasteiger partial charge in [0.2, 0.25) is 0 Å². The van der Waals surface area contributed by atoms with Crippen LogP contribution in [0.5, 0.6) is 5.75 Å². The van der Waals surface area contributed by atoms with Crippen LogP contribution >= 0.6 is 0 Å². The van der Waals surface area contributed by atoms with Crippen LogP contribution in [0.2, 0.25) is 0 Å². The number of methoxy groups -OCH3 is 1. The fourth-order valence-corrected chi connectivity index (χ4v) is 1.96. The summed E-state index contributed by atoms with van der Waals surface area (Å²) >= 11 is 0. The van der Waals surface area contributed by atoms with Crippen molar-refractivity contribution >= 4 is 5.69 Å². The number of hydrogen-bond donors (Lipinski definition) is 1. The van der Waals surface area contributed by atoms with E-state index in [9.17, 15) is 0 Å². The average molecular weight is 227 g/mol. The van der Waals surface area contributed by atoms with Crippen LogP contribution in [0.25, 0.3) is 11.1 Å². The van der Waals surface area contributed by atoms with E-state index in [4.69, 9.17) is 10.5 Å². The van der Waals surface area contributed by atoms with Crippen molar-refractivity contribution in [2.45, 2.75) is 13.8 Å². The molecule has 0 aliphatic rings. The van der Waals surface area contributed by atoms with E-state index in [1.165, 1.54) is 22.3 Å². The fraction of sp³-hybridized carbons (Fsp3) is 0.200. The molecule has 0 fully saturated rings. The molecular weight excluding hydrogens is 210 g/mol. The quantitative estimate of drug-likeness (QED) is 0.796. The molecule has 0 atom stereocenters. The van der Waals surface area contributed by atoms with E-state index in [-0.39, 0.29) is 0 Å². The van der Waals surface area contributed by atoms with E-state index in [0.29, 0.717) is 0 Å². The summed E-state index contributed by atoms with van der Waals surface area (Å²) in [5.74, 6) is 0.868. The molecule has 0 spiro atoms. The zero-order valence-corrected chi connectivity index (χ0v) is 10.4. The Kier molecular flexibility index (Phi) is 3.05. The molecule has 0 radical (unpaired) electrons. The second-order valence-electron chi connectivity index (χ2n) is 4.24. The molecule has 0 saturated heterocycles. The third-order valence-electron chi connectivity index (χ3n) is 3.09. The summed E-state index contributed by atoms with van der Waals surface area (Å²) in [6.07, 6.45) is 0. The van der Waals surface area contributed by atoms with Crippen LogP contribution in [0.4, 0.5) is 5.69 Å². The smallest absolute Gasteiger partial charge is 0.118 e. The molecule has 17 heavy (non-hydrogen) atoms. The van der Waals surface area contributed by atoms with Gasteiger partial charge in [-0.25, -0.2) is 0 Å². The average Bonchev–Trinajstić information content (AvgIpc) is 2.34. The van der Waals surface area contributed by atoms with E-state index in [1.54, 1.807) is 7.11 Å². The SMILES string of the molecule is COc1ccc(-c2cc(N)cc(C)c2C)cc1.